The zero-order chi connectivity index (χ0) is 28.1. The van der Waals surface area contributed by atoms with Gasteiger partial charge >= 0.3 is 0 Å². The number of halogens is 1. The number of hydrogen-bond donors (Lipinski definition) is 0. The van der Waals surface area contributed by atoms with Crippen LogP contribution in [0.1, 0.15) is 65.5 Å². The van der Waals surface area contributed by atoms with Crippen LogP contribution in [0, 0.1) is 10.2 Å². The van der Waals surface area contributed by atoms with E-state index in [4.69, 9.17) is 18.6 Å². The highest BCUT2D eigenvalue weighted by molar-refractivity contribution is 6.03. The number of nitrogens with zero attached hydrogens (tertiary/aromatic N) is 2. The fraction of sp³-hybridized carbons (Fsp3) is 0.387. The molecule has 38 heavy (non-hydrogen) atoms. The Hall–Kier alpha value is -2.74. The van der Waals surface area contributed by atoms with Gasteiger partial charge in [0.1, 0.15) is 6.54 Å². The van der Waals surface area contributed by atoms with Crippen molar-refractivity contribution in [2.75, 3.05) is 18.0 Å². The molecule has 0 amide bonds. The first-order valence-corrected chi connectivity index (χ1v) is 14.4. The molecule has 4 rings (SSSR count). The van der Waals surface area contributed by atoms with Crippen molar-refractivity contribution in [2.45, 2.75) is 65.2 Å². The second kappa shape index (κ2) is 12.0. The van der Waals surface area contributed by atoms with Crippen molar-refractivity contribution >= 4 is 17.1 Å². The Bertz CT molecular complexity index is 1250. The number of hydrogen-bond acceptors (Lipinski definition) is 5. The summed E-state index contributed by atoms with van der Waals surface area (Å²) in [7, 11) is -4.94. The number of anilines is 1. The van der Waals surface area contributed by atoms with Crippen LogP contribution in [-0.4, -0.2) is 23.4 Å². The smallest absolute Gasteiger partial charge is 0.209 e. The molecule has 0 spiro atoms. The Morgan fingerprint density at radius 1 is 0.789 bits per heavy atom. The molecule has 6 nitrogen and oxygen atoms in total. The first-order chi connectivity index (χ1) is 17.8. The molecule has 0 saturated heterocycles. The Morgan fingerprint density at radius 3 is 2.03 bits per heavy atom. The van der Waals surface area contributed by atoms with Crippen molar-refractivity contribution in [3.05, 3.63) is 95.7 Å². The molecule has 2 aromatic rings. The van der Waals surface area contributed by atoms with E-state index in [1.54, 1.807) is 0 Å². The van der Waals surface area contributed by atoms with Crippen LogP contribution < -0.4 is 23.5 Å². The summed E-state index contributed by atoms with van der Waals surface area (Å²) in [6.45, 7) is 16.0. The Morgan fingerprint density at radius 2 is 1.39 bits per heavy atom. The highest BCUT2D eigenvalue weighted by Gasteiger charge is 2.43. The van der Waals surface area contributed by atoms with Gasteiger partial charge in [-0.05, 0) is 38.0 Å². The van der Waals surface area contributed by atoms with E-state index in [2.05, 4.69) is 130 Å². The lowest BCUT2D eigenvalue weighted by molar-refractivity contribution is -2.00. The van der Waals surface area contributed by atoms with Gasteiger partial charge in [0, 0.05) is 47.5 Å². The molecular weight excluding hydrogens is 500 g/mol. The molecule has 2 aromatic carbocycles. The van der Waals surface area contributed by atoms with Crippen molar-refractivity contribution < 1.29 is 33.5 Å². The molecule has 0 atom stereocenters. The molecule has 204 valence electrons. The van der Waals surface area contributed by atoms with Gasteiger partial charge in [-0.3, -0.25) is 0 Å². The summed E-state index contributed by atoms with van der Waals surface area (Å²) in [4.78, 5) is 2.50. The molecule has 2 heterocycles. The minimum absolute atomic E-state index is 0.0155. The van der Waals surface area contributed by atoms with Crippen LogP contribution in [0.2, 0.25) is 0 Å². The van der Waals surface area contributed by atoms with E-state index in [0.29, 0.717) is 0 Å². The first-order valence-electron chi connectivity index (χ1n) is 13.1. The highest BCUT2D eigenvalue weighted by atomic mass is 35.7. The van der Waals surface area contributed by atoms with Gasteiger partial charge in [0.2, 0.25) is 5.69 Å². The number of fused-ring (bicyclic) bond motifs is 2. The molecule has 0 radical (unpaired) electrons. The Kier molecular flexibility index (Phi) is 9.39. The van der Waals surface area contributed by atoms with E-state index in [9.17, 15) is 0 Å². The van der Waals surface area contributed by atoms with E-state index >= 15 is 0 Å². The third-order valence-electron chi connectivity index (χ3n) is 7.22. The van der Waals surface area contributed by atoms with Gasteiger partial charge in [0.25, 0.3) is 0 Å². The van der Waals surface area contributed by atoms with Crippen LogP contribution in [0.15, 0.2) is 84.6 Å². The number of allylic oxidation sites excluding steroid dienone is 6. The van der Waals surface area contributed by atoms with Crippen molar-refractivity contribution in [2.24, 2.45) is 0 Å². The molecule has 0 aliphatic carbocycles. The molecule has 7 heteroatoms. The molecule has 0 saturated carbocycles. The monoisotopic (exact) mass is 538 g/mol. The minimum atomic E-state index is -4.94. The number of benzene rings is 2. The van der Waals surface area contributed by atoms with Gasteiger partial charge in [-0.15, -0.1) is 10.2 Å². The van der Waals surface area contributed by atoms with Gasteiger partial charge in [-0.1, -0.05) is 82.3 Å². The summed E-state index contributed by atoms with van der Waals surface area (Å²) in [5.74, 6) is 0. The summed E-state index contributed by atoms with van der Waals surface area (Å²) in [5.41, 5.74) is 8.35. The third kappa shape index (κ3) is 6.45. The predicted molar refractivity (Wildman–Crippen MR) is 143 cm³/mol. The summed E-state index contributed by atoms with van der Waals surface area (Å²) < 4.78 is 36.5. The van der Waals surface area contributed by atoms with Crippen molar-refractivity contribution in [3.8, 4) is 0 Å². The Balaban J connectivity index is 0.000000732. The lowest BCUT2D eigenvalue weighted by Gasteiger charge is -2.26. The van der Waals surface area contributed by atoms with E-state index in [1.165, 1.54) is 33.9 Å². The molecule has 0 N–H and O–H groups in total. The molecule has 0 bridgehead atoms. The summed E-state index contributed by atoms with van der Waals surface area (Å²) in [5, 5.41) is 0. The van der Waals surface area contributed by atoms with Crippen LogP contribution in [-0.2, 0) is 10.8 Å². The largest absolute Gasteiger partial charge is 0.344 e. The number of rotatable bonds is 7. The SMILES string of the molecule is CCCN1C(=CC=CC=CC2=[N+](CCC)c3ccccc3C2(C)C)C(C)(C)c2ccccc21.[O-][Cl+3]([O-])([O-])[O-]. The average molecular weight is 539 g/mol. The van der Waals surface area contributed by atoms with Crippen molar-refractivity contribution in [3.63, 3.8) is 0 Å². The number of para-hydroxylation sites is 2. The van der Waals surface area contributed by atoms with Gasteiger partial charge < -0.3 is 4.90 Å². The second-order valence-electron chi connectivity index (χ2n) is 10.6. The fourth-order valence-electron chi connectivity index (χ4n) is 5.57. The topological polar surface area (TPSA) is 98.5 Å². The summed E-state index contributed by atoms with van der Waals surface area (Å²) in [6.07, 6.45) is 13.5. The molecular formula is C31H39ClN2O4. The van der Waals surface area contributed by atoms with Gasteiger partial charge in [-0.25, -0.2) is 18.6 Å². The Labute approximate surface area is 229 Å². The van der Waals surface area contributed by atoms with Gasteiger partial charge in [0.15, 0.2) is 5.71 Å². The van der Waals surface area contributed by atoms with E-state index in [0.717, 1.165) is 25.9 Å². The van der Waals surface area contributed by atoms with Crippen LogP contribution in [0.3, 0.4) is 0 Å². The lowest BCUT2D eigenvalue weighted by Crippen LogP contribution is -2.68. The standard InChI is InChI=1S/C31H39N2.ClHO4/c1-7-22-32-26-18-14-12-16-24(26)30(3,4)28(32)20-10-9-11-21-29-31(5,6)25-17-13-15-19-27(25)33(29)23-8-2;2-1(3,4)5/h9-21H,7-8,22-23H2,1-6H3;(H,2,3,4,5)/q+1;/p-1. The quantitative estimate of drug-likeness (QED) is 0.399. The van der Waals surface area contributed by atoms with Crippen molar-refractivity contribution in [1.29, 1.82) is 0 Å². The van der Waals surface area contributed by atoms with E-state index in [-0.39, 0.29) is 10.8 Å². The van der Waals surface area contributed by atoms with Crippen LogP contribution in [0.25, 0.3) is 0 Å². The lowest BCUT2D eigenvalue weighted by atomic mass is 9.81. The van der Waals surface area contributed by atoms with Crippen LogP contribution in [0.5, 0.6) is 0 Å². The summed E-state index contributed by atoms with van der Waals surface area (Å²) >= 11 is 0. The normalized spacial score (nSPS) is 18.8. The fourth-order valence-corrected chi connectivity index (χ4v) is 5.57. The maximum Gasteiger partial charge on any atom is 0.209 e. The second-order valence-corrected chi connectivity index (χ2v) is 11.4. The molecule has 0 unspecified atom stereocenters. The van der Waals surface area contributed by atoms with Gasteiger partial charge in [0.05, 0.1) is 5.41 Å². The summed E-state index contributed by atoms with van der Waals surface area (Å²) in [6, 6.07) is 17.7. The highest BCUT2D eigenvalue weighted by Crippen LogP contribution is 2.47. The van der Waals surface area contributed by atoms with Crippen molar-refractivity contribution in [1.82, 2.24) is 0 Å². The molecule has 0 aromatic heterocycles. The molecule has 0 fully saturated rings. The molecule has 2 aliphatic heterocycles. The maximum atomic E-state index is 8.49. The third-order valence-corrected chi connectivity index (χ3v) is 7.22. The predicted octanol–water partition coefficient (Wildman–Crippen LogP) is 2.92. The first kappa shape index (κ1) is 29.8. The van der Waals surface area contributed by atoms with E-state index in [1.807, 2.05) is 0 Å². The van der Waals surface area contributed by atoms with Gasteiger partial charge in [-0.2, -0.15) is 4.58 Å². The van der Waals surface area contributed by atoms with Crippen LogP contribution in [0.4, 0.5) is 11.4 Å². The maximum absolute atomic E-state index is 8.49. The average Bonchev–Trinajstić information content (AvgIpc) is 3.18. The zero-order valence-electron chi connectivity index (χ0n) is 23.2. The molecule has 2 aliphatic rings. The zero-order valence-corrected chi connectivity index (χ0v) is 24.0. The van der Waals surface area contributed by atoms with Crippen LogP contribution >= 0.6 is 0 Å². The minimum Gasteiger partial charge on any atom is -0.344 e. The van der Waals surface area contributed by atoms with E-state index < -0.39 is 10.2 Å².